The SMILES string of the molecule is CCOCC(O)COc1cc(CC)sc1C(=O)O. The van der Waals surface area contributed by atoms with Gasteiger partial charge in [-0.1, -0.05) is 6.92 Å². The van der Waals surface area contributed by atoms with E-state index in [-0.39, 0.29) is 18.1 Å². The summed E-state index contributed by atoms with van der Waals surface area (Å²) in [7, 11) is 0. The van der Waals surface area contributed by atoms with Gasteiger partial charge in [-0.25, -0.2) is 4.79 Å². The van der Waals surface area contributed by atoms with Gasteiger partial charge in [-0.05, 0) is 19.4 Å². The number of aryl methyl sites for hydroxylation is 1. The number of carbonyl (C=O) groups is 1. The molecule has 18 heavy (non-hydrogen) atoms. The van der Waals surface area contributed by atoms with E-state index in [1.165, 1.54) is 11.3 Å². The fraction of sp³-hybridized carbons (Fsp3) is 0.583. The number of aliphatic hydroxyl groups excluding tert-OH is 1. The first-order valence-electron chi connectivity index (χ1n) is 5.83. The summed E-state index contributed by atoms with van der Waals surface area (Å²) in [6.45, 7) is 4.52. The van der Waals surface area contributed by atoms with Crippen molar-refractivity contribution in [2.75, 3.05) is 19.8 Å². The molecule has 1 atom stereocenters. The summed E-state index contributed by atoms with van der Waals surface area (Å²) in [5, 5.41) is 18.6. The standard InChI is InChI=1S/C12H18O5S/c1-3-9-5-10(11(18-9)12(14)15)17-7-8(13)6-16-4-2/h5,8,13H,3-4,6-7H2,1-2H3,(H,14,15). The summed E-state index contributed by atoms with van der Waals surface area (Å²) < 4.78 is 10.4. The highest BCUT2D eigenvalue weighted by Crippen LogP contribution is 2.29. The molecule has 2 N–H and O–H groups in total. The minimum absolute atomic E-state index is 0.0279. The highest BCUT2D eigenvalue weighted by atomic mass is 32.1. The van der Waals surface area contributed by atoms with E-state index in [2.05, 4.69) is 0 Å². The molecule has 0 spiro atoms. The summed E-state index contributed by atoms with van der Waals surface area (Å²) in [5.74, 6) is -0.686. The number of thiophene rings is 1. The minimum atomic E-state index is -1.01. The number of aliphatic hydroxyl groups is 1. The molecule has 1 unspecified atom stereocenters. The number of hydrogen-bond acceptors (Lipinski definition) is 5. The molecular weight excluding hydrogens is 256 g/mol. The van der Waals surface area contributed by atoms with Crippen LogP contribution in [0.25, 0.3) is 0 Å². The third-order valence-electron chi connectivity index (χ3n) is 2.24. The van der Waals surface area contributed by atoms with Crippen LogP contribution in [0.15, 0.2) is 6.07 Å². The average Bonchev–Trinajstić information content (AvgIpc) is 2.77. The number of aromatic carboxylic acids is 1. The minimum Gasteiger partial charge on any atom is -0.489 e. The van der Waals surface area contributed by atoms with Crippen LogP contribution >= 0.6 is 11.3 Å². The van der Waals surface area contributed by atoms with Gasteiger partial charge in [0.15, 0.2) is 4.88 Å². The Morgan fingerprint density at radius 2 is 2.17 bits per heavy atom. The van der Waals surface area contributed by atoms with Crippen molar-refractivity contribution in [3.8, 4) is 5.75 Å². The van der Waals surface area contributed by atoms with E-state index in [9.17, 15) is 9.90 Å². The summed E-state index contributed by atoms with van der Waals surface area (Å²) in [6, 6.07) is 1.71. The van der Waals surface area contributed by atoms with Crippen molar-refractivity contribution in [3.05, 3.63) is 15.8 Å². The first kappa shape index (κ1) is 14.9. The van der Waals surface area contributed by atoms with Crippen LogP contribution in [-0.2, 0) is 11.2 Å². The van der Waals surface area contributed by atoms with Crippen molar-refractivity contribution >= 4 is 17.3 Å². The predicted molar refractivity (Wildman–Crippen MR) is 68.7 cm³/mol. The van der Waals surface area contributed by atoms with E-state index in [4.69, 9.17) is 14.6 Å². The van der Waals surface area contributed by atoms with Crippen molar-refractivity contribution in [1.82, 2.24) is 0 Å². The molecule has 102 valence electrons. The lowest BCUT2D eigenvalue weighted by Crippen LogP contribution is -2.23. The normalized spacial score (nSPS) is 12.4. The molecule has 0 bridgehead atoms. The van der Waals surface area contributed by atoms with Crippen molar-refractivity contribution in [2.24, 2.45) is 0 Å². The second-order valence-electron chi connectivity index (χ2n) is 3.69. The maximum absolute atomic E-state index is 11.0. The molecule has 5 nitrogen and oxygen atoms in total. The lowest BCUT2D eigenvalue weighted by atomic mass is 10.3. The van der Waals surface area contributed by atoms with Crippen LogP contribution in [0.1, 0.15) is 28.4 Å². The fourth-order valence-corrected chi connectivity index (χ4v) is 2.22. The van der Waals surface area contributed by atoms with Gasteiger partial charge in [0.2, 0.25) is 0 Å². The smallest absolute Gasteiger partial charge is 0.349 e. The summed E-state index contributed by atoms with van der Waals surface area (Å²) in [4.78, 5) is 12.1. The van der Waals surface area contributed by atoms with Gasteiger partial charge < -0.3 is 19.7 Å². The van der Waals surface area contributed by atoms with Crippen LogP contribution in [0.3, 0.4) is 0 Å². The van der Waals surface area contributed by atoms with Crippen LogP contribution in [0, 0.1) is 0 Å². The van der Waals surface area contributed by atoms with E-state index in [0.29, 0.717) is 12.4 Å². The number of carboxylic acid groups (broad SMARTS) is 1. The van der Waals surface area contributed by atoms with Gasteiger partial charge in [0, 0.05) is 11.5 Å². The van der Waals surface area contributed by atoms with Crippen LogP contribution < -0.4 is 4.74 Å². The van der Waals surface area contributed by atoms with Gasteiger partial charge in [0.05, 0.1) is 6.61 Å². The molecule has 0 saturated heterocycles. The Hall–Kier alpha value is -1.11. The van der Waals surface area contributed by atoms with Crippen molar-refractivity contribution in [2.45, 2.75) is 26.4 Å². The second kappa shape index (κ2) is 7.35. The largest absolute Gasteiger partial charge is 0.489 e. The molecule has 0 saturated carbocycles. The molecule has 0 aliphatic rings. The van der Waals surface area contributed by atoms with Crippen LogP contribution in [-0.4, -0.2) is 42.1 Å². The van der Waals surface area contributed by atoms with Gasteiger partial charge in [-0.2, -0.15) is 0 Å². The topological polar surface area (TPSA) is 76.0 Å². The van der Waals surface area contributed by atoms with E-state index in [0.717, 1.165) is 11.3 Å². The molecule has 1 aromatic heterocycles. The molecule has 6 heteroatoms. The highest BCUT2D eigenvalue weighted by molar-refractivity contribution is 7.14. The third-order valence-corrected chi connectivity index (χ3v) is 3.49. The number of hydrogen-bond donors (Lipinski definition) is 2. The number of rotatable bonds is 8. The zero-order valence-corrected chi connectivity index (χ0v) is 11.3. The lowest BCUT2D eigenvalue weighted by molar-refractivity contribution is 0.0162. The Morgan fingerprint density at radius 3 is 2.72 bits per heavy atom. The molecule has 0 aromatic carbocycles. The van der Waals surface area contributed by atoms with E-state index < -0.39 is 12.1 Å². The Bertz CT molecular complexity index is 388. The average molecular weight is 274 g/mol. The Morgan fingerprint density at radius 1 is 1.44 bits per heavy atom. The van der Waals surface area contributed by atoms with Gasteiger partial charge in [-0.15, -0.1) is 11.3 Å². The van der Waals surface area contributed by atoms with Crippen molar-refractivity contribution < 1.29 is 24.5 Å². The van der Waals surface area contributed by atoms with E-state index in [1.807, 2.05) is 13.8 Å². The molecule has 0 radical (unpaired) electrons. The summed E-state index contributed by atoms with van der Waals surface area (Å²) in [6.07, 6.45) is 0.00655. The lowest BCUT2D eigenvalue weighted by Gasteiger charge is -2.11. The predicted octanol–water partition coefficient (Wildman–Crippen LogP) is 1.78. The Kier molecular flexibility index (Phi) is 6.11. The maximum atomic E-state index is 11.0. The maximum Gasteiger partial charge on any atom is 0.349 e. The van der Waals surface area contributed by atoms with Gasteiger partial charge in [-0.3, -0.25) is 0 Å². The van der Waals surface area contributed by atoms with Gasteiger partial charge >= 0.3 is 5.97 Å². The molecule has 0 aliphatic carbocycles. The highest BCUT2D eigenvalue weighted by Gasteiger charge is 2.17. The molecule has 0 fully saturated rings. The molecule has 1 rings (SSSR count). The zero-order valence-electron chi connectivity index (χ0n) is 10.5. The van der Waals surface area contributed by atoms with E-state index >= 15 is 0 Å². The zero-order chi connectivity index (χ0) is 13.5. The molecule has 0 amide bonds. The Labute approximate surface area is 110 Å². The molecular formula is C12H18O5S. The quantitative estimate of drug-likeness (QED) is 0.755. The van der Waals surface area contributed by atoms with Gasteiger partial charge in [0.1, 0.15) is 18.5 Å². The fourth-order valence-electron chi connectivity index (χ4n) is 1.34. The van der Waals surface area contributed by atoms with Gasteiger partial charge in [0.25, 0.3) is 0 Å². The second-order valence-corrected chi connectivity index (χ2v) is 4.83. The van der Waals surface area contributed by atoms with Crippen molar-refractivity contribution in [3.63, 3.8) is 0 Å². The monoisotopic (exact) mass is 274 g/mol. The third kappa shape index (κ3) is 4.29. The first-order chi connectivity index (χ1) is 8.58. The van der Waals surface area contributed by atoms with Crippen LogP contribution in [0.4, 0.5) is 0 Å². The first-order valence-corrected chi connectivity index (χ1v) is 6.64. The van der Waals surface area contributed by atoms with E-state index in [1.54, 1.807) is 6.07 Å². The molecule has 0 aliphatic heterocycles. The Balaban J connectivity index is 2.60. The molecule has 1 aromatic rings. The van der Waals surface area contributed by atoms with Crippen molar-refractivity contribution in [1.29, 1.82) is 0 Å². The summed E-state index contributed by atoms with van der Waals surface area (Å²) >= 11 is 1.20. The summed E-state index contributed by atoms with van der Waals surface area (Å²) in [5.41, 5.74) is 0. The number of ether oxygens (including phenoxy) is 2. The molecule has 1 heterocycles. The number of carboxylic acids is 1. The van der Waals surface area contributed by atoms with Crippen LogP contribution in [0.2, 0.25) is 0 Å². The van der Waals surface area contributed by atoms with Crippen LogP contribution in [0.5, 0.6) is 5.75 Å².